The molecular formula is C23H33N3O2S. The number of nitrogens with two attached hydrogens (primary N) is 2. The number of nitrogens with one attached hydrogen (secondary N) is 1. The lowest BCUT2D eigenvalue weighted by Crippen LogP contribution is -2.02. The molecule has 0 fully saturated rings. The van der Waals surface area contributed by atoms with Gasteiger partial charge in [-0.25, -0.2) is 0 Å². The Bertz CT molecular complexity index is 758. The maximum Gasteiger partial charge on any atom is 0.303 e. The van der Waals surface area contributed by atoms with Crippen LogP contribution in [0.3, 0.4) is 0 Å². The molecular weight excluding hydrogens is 382 g/mol. The van der Waals surface area contributed by atoms with Crippen molar-refractivity contribution in [3.05, 3.63) is 42.2 Å². The minimum absolute atomic E-state index is 0. The van der Waals surface area contributed by atoms with Crippen LogP contribution in [0.5, 0.6) is 0 Å². The third-order valence-corrected chi connectivity index (χ3v) is 2.66. The van der Waals surface area contributed by atoms with Crippen molar-refractivity contribution in [2.75, 3.05) is 5.32 Å². The number of thiocarbonyl (C=S) groups is 1. The van der Waals surface area contributed by atoms with E-state index in [0.717, 1.165) is 23.5 Å². The van der Waals surface area contributed by atoms with E-state index in [1.54, 1.807) is 6.92 Å². The number of hydrogen-bond donors (Lipinski definition) is 4. The fourth-order valence-corrected chi connectivity index (χ4v) is 1.34. The van der Waals surface area contributed by atoms with Gasteiger partial charge in [-0.1, -0.05) is 51.0 Å². The average Bonchev–Trinajstić information content (AvgIpc) is 2.72. The zero-order chi connectivity index (χ0) is 22.9. The first-order valence-corrected chi connectivity index (χ1v) is 9.33. The zero-order valence-corrected chi connectivity index (χ0v) is 18.4. The standard InChI is InChI=1S/C10H13NS.C8H6.C3H6O2.C2H6N2.H2/c1-3-9-4-6-10(7-5-9)11-8(2)12;1-3-5-7-8-6-4-2;1-2-3(4)5;3-1-2-4;/h4-7H,3H2,1-2H3,(H,11,12);1H,4H2,2H3;2H2,1H3,(H,4,5);1-2H,3-4H2;1H. The third-order valence-electron chi connectivity index (χ3n) is 2.56. The predicted octanol–water partition coefficient (Wildman–Crippen LogP) is 4.15. The van der Waals surface area contributed by atoms with Gasteiger partial charge >= 0.3 is 5.97 Å². The number of benzene rings is 1. The summed E-state index contributed by atoms with van der Waals surface area (Å²) in [6, 6.07) is 8.32. The molecule has 1 rings (SSSR count). The number of aliphatic carboxylic acids is 1. The van der Waals surface area contributed by atoms with Crippen molar-refractivity contribution in [2.45, 2.75) is 47.0 Å². The van der Waals surface area contributed by atoms with Crippen LogP contribution in [-0.2, 0) is 11.2 Å². The average molecular weight is 416 g/mol. The molecule has 0 aromatic heterocycles. The van der Waals surface area contributed by atoms with Gasteiger partial charge in [0.25, 0.3) is 0 Å². The van der Waals surface area contributed by atoms with Gasteiger partial charge in [0.2, 0.25) is 0 Å². The molecule has 0 aliphatic rings. The molecule has 0 aliphatic carbocycles. The molecule has 0 saturated carbocycles. The van der Waals surface area contributed by atoms with E-state index in [4.69, 9.17) is 35.2 Å². The van der Waals surface area contributed by atoms with E-state index in [1.165, 1.54) is 18.0 Å². The normalized spacial score (nSPS) is 7.69. The van der Waals surface area contributed by atoms with E-state index >= 15 is 0 Å². The molecule has 5 nitrogen and oxygen atoms in total. The van der Waals surface area contributed by atoms with Gasteiger partial charge in [-0.05, 0) is 54.7 Å². The summed E-state index contributed by atoms with van der Waals surface area (Å²) in [4.78, 5) is 10.2. The monoisotopic (exact) mass is 415 g/mol. The Hall–Kier alpha value is -3.40. The smallest absolute Gasteiger partial charge is 0.303 e. The second-order valence-electron chi connectivity index (χ2n) is 4.91. The molecule has 0 unspecified atom stereocenters. The van der Waals surface area contributed by atoms with Crippen LogP contribution < -0.4 is 16.8 Å². The first-order chi connectivity index (χ1) is 13.8. The first-order valence-electron chi connectivity index (χ1n) is 8.92. The van der Waals surface area contributed by atoms with Crippen LogP contribution in [0.4, 0.5) is 5.69 Å². The van der Waals surface area contributed by atoms with E-state index in [-0.39, 0.29) is 7.85 Å². The first kappa shape index (κ1) is 30.3. The van der Waals surface area contributed by atoms with Gasteiger partial charge in [0.1, 0.15) is 0 Å². The number of carboxylic acids is 1. The topological polar surface area (TPSA) is 101 Å². The van der Waals surface area contributed by atoms with Gasteiger partial charge < -0.3 is 21.9 Å². The number of hydrogen-bond acceptors (Lipinski definition) is 4. The number of rotatable bonds is 3. The van der Waals surface area contributed by atoms with E-state index in [1.807, 2.05) is 13.8 Å². The summed E-state index contributed by atoms with van der Waals surface area (Å²) in [6.07, 6.45) is 9.51. The Morgan fingerprint density at radius 3 is 2.00 bits per heavy atom. The Labute approximate surface area is 182 Å². The molecule has 6 N–H and O–H groups in total. The molecule has 6 heteroatoms. The molecule has 158 valence electrons. The van der Waals surface area contributed by atoms with Crippen molar-refractivity contribution in [1.82, 2.24) is 0 Å². The summed E-state index contributed by atoms with van der Waals surface area (Å²) in [7, 11) is 0. The van der Waals surface area contributed by atoms with Crippen molar-refractivity contribution in [2.24, 2.45) is 11.5 Å². The van der Waals surface area contributed by atoms with E-state index in [2.05, 4.69) is 66.1 Å². The fraction of sp³-hybridized carbons (Fsp3) is 0.304. The second kappa shape index (κ2) is 24.6. The second-order valence-corrected chi connectivity index (χ2v) is 5.53. The largest absolute Gasteiger partial charge is 0.481 e. The highest BCUT2D eigenvalue weighted by molar-refractivity contribution is 7.80. The van der Waals surface area contributed by atoms with Crippen LogP contribution in [0.2, 0.25) is 0 Å². The molecule has 1 aromatic carbocycles. The van der Waals surface area contributed by atoms with Crippen LogP contribution in [0.15, 0.2) is 36.7 Å². The summed E-state index contributed by atoms with van der Waals surface area (Å²) >= 11 is 4.93. The molecule has 0 spiro atoms. The highest BCUT2D eigenvalue weighted by atomic mass is 32.1. The molecule has 29 heavy (non-hydrogen) atoms. The van der Waals surface area contributed by atoms with E-state index < -0.39 is 5.97 Å². The Balaban J connectivity index is -0.000000164. The van der Waals surface area contributed by atoms with Crippen molar-refractivity contribution in [3.8, 4) is 36.0 Å². The maximum absolute atomic E-state index is 9.37. The summed E-state index contributed by atoms with van der Waals surface area (Å²) in [5, 5.41) is 10.8. The van der Waals surface area contributed by atoms with Crippen molar-refractivity contribution >= 4 is 28.9 Å². The summed E-state index contributed by atoms with van der Waals surface area (Å²) in [5.74, 6) is 11.6. The zero-order valence-electron chi connectivity index (χ0n) is 17.6. The number of carboxylic acid groups (broad SMARTS) is 1. The van der Waals surface area contributed by atoms with Gasteiger partial charge in [0.05, 0.1) is 4.99 Å². The predicted molar refractivity (Wildman–Crippen MR) is 130 cm³/mol. The minimum Gasteiger partial charge on any atom is -0.481 e. The molecule has 0 bridgehead atoms. The summed E-state index contributed by atoms with van der Waals surface area (Å²) in [5.41, 5.74) is 11.9. The van der Waals surface area contributed by atoms with E-state index in [9.17, 15) is 4.79 Å². The molecule has 0 aliphatic heterocycles. The van der Waals surface area contributed by atoms with Gasteiger partial charge in [0, 0.05) is 32.4 Å². The molecule has 0 amide bonds. The van der Waals surface area contributed by atoms with Gasteiger partial charge in [0.15, 0.2) is 0 Å². The van der Waals surface area contributed by atoms with Gasteiger partial charge in [-0.3, -0.25) is 4.79 Å². The number of aryl methyl sites for hydroxylation is 1. The van der Waals surface area contributed by atoms with Crippen LogP contribution >= 0.6 is 12.2 Å². The highest BCUT2D eigenvalue weighted by Crippen LogP contribution is 2.09. The maximum atomic E-state index is 9.37. The van der Waals surface area contributed by atoms with Crippen molar-refractivity contribution < 1.29 is 11.3 Å². The number of terminal acetylenes is 1. The Morgan fingerprint density at radius 2 is 1.69 bits per heavy atom. The van der Waals surface area contributed by atoms with Gasteiger partial charge in [-0.2, -0.15) is 0 Å². The quantitative estimate of drug-likeness (QED) is 0.437. The van der Waals surface area contributed by atoms with Crippen LogP contribution in [0, 0.1) is 36.0 Å². The third kappa shape index (κ3) is 29.6. The van der Waals surface area contributed by atoms with Gasteiger partial charge in [-0.15, -0.1) is 6.42 Å². The Morgan fingerprint density at radius 1 is 1.17 bits per heavy atom. The minimum atomic E-state index is -0.745. The molecule has 1 aromatic rings. The molecule has 0 saturated heterocycles. The molecule has 0 atom stereocenters. The number of carbonyl (C=O) groups is 1. The fourth-order valence-electron chi connectivity index (χ4n) is 1.23. The number of anilines is 1. The lowest BCUT2D eigenvalue weighted by molar-refractivity contribution is -0.136. The SMILES string of the molecule is C#CC#CC#CCC.CCC(=O)O.CCc1ccc(NC(C)=S)cc1.NC=CN.[HH]. The Kier molecular flexibility index (Phi) is 25.7. The summed E-state index contributed by atoms with van der Waals surface area (Å²) in [6.45, 7) is 7.59. The highest BCUT2D eigenvalue weighted by Gasteiger charge is 1.92. The van der Waals surface area contributed by atoms with Crippen LogP contribution in [0.1, 0.15) is 47.5 Å². The van der Waals surface area contributed by atoms with E-state index in [0.29, 0.717) is 0 Å². The van der Waals surface area contributed by atoms with Crippen molar-refractivity contribution in [3.63, 3.8) is 0 Å². The molecule has 0 heterocycles. The van der Waals surface area contributed by atoms with Crippen molar-refractivity contribution in [1.29, 1.82) is 0 Å². The lowest BCUT2D eigenvalue weighted by Gasteiger charge is -2.03. The molecule has 0 radical (unpaired) electrons. The van der Waals surface area contributed by atoms with Crippen LogP contribution in [-0.4, -0.2) is 16.1 Å². The lowest BCUT2D eigenvalue weighted by atomic mass is 10.1. The van der Waals surface area contributed by atoms with Crippen LogP contribution in [0.25, 0.3) is 0 Å². The summed E-state index contributed by atoms with van der Waals surface area (Å²) < 4.78 is 0.